The minimum absolute atomic E-state index is 0.219. The SMILES string of the molecule is COCCOCCOc1ccc(C2c3[nH]c4ccc(CI)cc4c3CCN2C(=O)OCCOC)cc1. The number of aromatic amines is 1. The predicted molar refractivity (Wildman–Crippen MR) is 146 cm³/mol. The molecule has 1 atom stereocenters. The summed E-state index contributed by atoms with van der Waals surface area (Å²) in [5, 5.41) is 1.23. The Hall–Kier alpha value is -2.34. The van der Waals surface area contributed by atoms with Crippen LogP contribution >= 0.6 is 22.6 Å². The molecule has 1 N–H and O–H groups in total. The summed E-state index contributed by atoms with van der Waals surface area (Å²) in [6, 6.07) is 14.1. The van der Waals surface area contributed by atoms with Crippen LogP contribution in [-0.2, 0) is 29.8 Å². The molecule has 1 aliphatic heterocycles. The Morgan fingerprint density at radius 1 is 1.00 bits per heavy atom. The van der Waals surface area contributed by atoms with E-state index in [1.54, 1.807) is 19.1 Å². The highest BCUT2D eigenvalue weighted by Crippen LogP contribution is 2.39. The van der Waals surface area contributed by atoms with Crippen LogP contribution in [-0.4, -0.2) is 76.4 Å². The van der Waals surface area contributed by atoms with Gasteiger partial charge in [-0.15, -0.1) is 0 Å². The highest BCUT2D eigenvalue weighted by molar-refractivity contribution is 14.1. The summed E-state index contributed by atoms with van der Waals surface area (Å²) >= 11 is 2.39. The summed E-state index contributed by atoms with van der Waals surface area (Å²) in [6.45, 7) is 3.21. The van der Waals surface area contributed by atoms with Crippen LogP contribution in [0.5, 0.6) is 5.75 Å². The third-order valence-corrected chi connectivity index (χ3v) is 7.10. The molecule has 194 valence electrons. The minimum Gasteiger partial charge on any atom is -0.491 e. The van der Waals surface area contributed by atoms with Crippen molar-refractivity contribution in [3.05, 3.63) is 64.8 Å². The van der Waals surface area contributed by atoms with Gasteiger partial charge in [0.1, 0.15) is 25.0 Å². The first-order chi connectivity index (χ1) is 17.7. The smallest absolute Gasteiger partial charge is 0.410 e. The van der Waals surface area contributed by atoms with Crippen molar-refractivity contribution in [3.8, 4) is 5.75 Å². The van der Waals surface area contributed by atoms with Crippen LogP contribution in [0.1, 0.15) is 28.4 Å². The molecule has 1 aromatic heterocycles. The van der Waals surface area contributed by atoms with Crippen LogP contribution in [0.3, 0.4) is 0 Å². The van der Waals surface area contributed by atoms with Crippen LogP contribution in [0.15, 0.2) is 42.5 Å². The second-order valence-corrected chi connectivity index (χ2v) is 9.27. The number of rotatable bonds is 12. The van der Waals surface area contributed by atoms with Crippen molar-refractivity contribution in [1.29, 1.82) is 0 Å². The van der Waals surface area contributed by atoms with E-state index in [-0.39, 0.29) is 18.7 Å². The van der Waals surface area contributed by atoms with Gasteiger partial charge in [-0.1, -0.05) is 40.8 Å². The fourth-order valence-corrected chi connectivity index (χ4v) is 4.94. The third kappa shape index (κ3) is 6.31. The molecule has 9 heteroatoms. The summed E-state index contributed by atoms with van der Waals surface area (Å²) in [6.07, 6.45) is 0.419. The van der Waals surface area contributed by atoms with Crippen LogP contribution in [0.2, 0.25) is 0 Å². The fraction of sp³-hybridized carbons (Fsp3) is 0.444. The van der Waals surface area contributed by atoms with Crippen molar-refractivity contribution < 1.29 is 28.5 Å². The van der Waals surface area contributed by atoms with Gasteiger partial charge >= 0.3 is 6.09 Å². The maximum Gasteiger partial charge on any atom is 0.410 e. The Morgan fingerprint density at radius 2 is 1.75 bits per heavy atom. The van der Waals surface area contributed by atoms with Gasteiger partial charge in [-0.05, 0) is 47.4 Å². The van der Waals surface area contributed by atoms with Gasteiger partial charge in [0.15, 0.2) is 0 Å². The van der Waals surface area contributed by atoms with Crippen LogP contribution in [0.4, 0.5) is 4.79 Å². The zero-order valence-electron chi connectivity index (χ0n) is 20.8. The largest absolute Gasteiger partial charge is 0.491 e. The maximum absolute atomic E-state index is 13.1. The van der Waals surface area contributed by atoms with Gasteiger partial charge in [-0.25, -0.2) is 4.79 Å². The molecule has 2 heterocycles. The maximum atomic E-state index is 13.1. The van der Waals surface area contributed by atoms with E-state index in [0.717, 1.165) is 33.4 Å². The summed E-state index contributed by atoms with van der Waals surface area (Å²) in [7, 11) is 3.24. The number of hydrogen-bond donors (Lipinski definition) is 1. The van der Waals surface area contributed by atoms with Crippen molar-refractivity contribution >= 4 is 39.6 Å². The Bertz CT molecular complexity index is 1130. The number of nitrogens with one attached hydrogen (secondary N) is 1. The van der Waals surface area contributed by atoms with Crippen molar-refractivity contribution in [1.82, 2.24) is 9.88 Å². The van der Waals surface area contributed by atoms with Gasteiger partial charge in [0, 0.05) is 41.8 Å². The molecule has 36 heavy (non-hydrogen) atoms. The number of methoxy groups -OCH3 is 2. The number of alkyl halides is 1. The number of carbonyl (C=O) groups is 1. The normalized spacial score (nSPS) is 15.2. The lowest BCUT2D eigenvalue weighted by Crippen LogP contribution is -2.41. The first kappa shape index (κ1) is 26.7. The number of fused-ring (bicyclic) bond motifs is 3. The van der Waals surface area contributed by atoms with Crippen molar-refractivity contribution in [2.45, 2.75) is 16.9 Å². The van der Waals surface area contributed by atoms with Gasteiger partial charge in [0.2, 0.25) is 0 Å². The quantitative estimate of drug-likeness (QED) is 0.180. The van der Waals surface area contributed by atoms with E-state index >= 15 is 0 Å². The molecule has 0 spiro atoms. The van der Waals surface area contributed by atoms with E-state index in [1.165, 1.54) is 16.5 Å². The Labute approximate surface area is 225 Å². The predicted octanol–water partition coefficient (Wildman–Crippen LogP) is 4.88. The summed E-state index contributed by atoms with van der Waals surface area (Å²) in [5.74, 6) is 0.752. The van der Waals surface area contributed by atoms with Crippen LogP contribution < -0.4 is 4.74 Å². The molecule has 1 aliphatic rings. The van der Waals surface area contributed by atoms with Crippen molar-refractivity contribution in [2.75, 3.05) is 60.4 Å². The lowest BCUT2D eigenvalue weighted by atomic mass is 9.92. The Morgan fingerprint density at radius 3 is 2.50 bits per heavy atom. The van der Waals surface area contributed by atoms with E-state index in [0.29, 0.717) is 39.6 Å². The van der Waals surface area contributed by atoms with E-state index in [9.17, 15) is 4.79 Å². The topological polar surface area (TPSA) is 82.3 Å². The van der Waals surface area contributed by atoms with Gasteiger partial charge in [-0.3, -0.25) is 4.90 Å². The number of aromatic nitrogens is 1. The molecule has 0 bridgehead atoms. The average molecular weight is 608 g/mol. The molecule has 4 rings (SSSR count). The summed E-state index contributed by atoms with van der Waals surface area (Å²) < 4.78 is 27.8. The molecule has 0 fully saturated rings. The summed E-state index contributed by atoms with van der Waals surface area (Å²) in [5.41, 5.74) is 5.66. The molecule has 1 amide bonds. The zero-order valence-corrected chi connectivity index (χ0v) is 22.9. The number of carbonyl (C=O) groups excluding carboxylic acids is 1. The number of halogens is 1. The molecule has 0 saturated heterocycles. The molecule has 1 unspecified atom stereocenters. The van der Waals surface area contributed by atoms with Crippen LogP contribution in [0, 0.1) is 0 Å². The van der Waals surface area contributed by atoms with Gasteiger partial charge < -0.3 is 28.7 Å². The molecule has 2 aromatic carbocycles. The first-order valence-corrected chi connectivity index (χ1v) is 13.6. The van der Waals surface area contributed by atoms with E-state index in [2.05, 4.69) is 45.8 Å². The number of ether oxygens (including phenoxy) is 5. The lowest BCUT2D eigenvalue weighted by Gasteiger charge is -2.35. The second kappa shape index (κ2) is 13.3. The molecule has 0 aliphatic carbocycles. The van der Waals surface area contributed by atoms with E-state index < -0.39 is 0 Å². The zero-order chi connectivity index (χ0) is 25.3. The molecule has 3 aromatic rings. The molecule has 0 saturated carbocycles. The van der Waals surface area contributed by atoms with Gasteiger partial charge in [0.05, 0.1) is 26.4 Å². The summed E-state index contributed by atoms with van der Waals surface area (Å²) in [4.78, 5) is 18.5. The highest BCUT2D eigenvalue weighted by atomic mass is 127. The van der Waals surface area contributed by atoms with Gasteiger partial charge in [0.25, 0.3) is 0 Å². The third-order valence-electron chi connectivity index (χ3n) is 6.22. The molecule has 8 nitrogen and oxygen atoms in total. The van der Waals surface area contributed by atoms with Crippen LogP contribution in [0.25, 0.3) is 10.9 Å². The number of benzene rings is 2. The Kier molecular flexibility index (Phi) is 9.85. The molecular formula is C27H33IN2O6. The van der Waals surface area contributed by atoms with Crippen molar-refractivity contribution in [2.24, 2.45) is 0 Å². The van der Waals surface area contributed by atoms with E-state index in [4.69, 9.17) is 23.7 Å². The van der Waals surface area contributed by atoms with Crippen molar-refractivity contribution in [3.63, 3.8) is 0 Å². The second-order valence-electron chi connectivity index (χ2n) is 8.51. The fourth-order valence-electron chi connectivity index (χ4n) is 4.47. The van der Waals surface area contributed by atoms with E-state index in [1.807, 2.05) is 24.3 Å². The molecule has 0 radical (unpaired) electrons. The monoisotopic (exact) mass is 608 g/mol. The average Bonchev–Trinajstić information content (AvgIpc) is 3.28. The number of amides is 1. The standard InChI is InChI=1S/C27H33IN2O6/c1-32-11-13-34-14-16-35-21-6-4-20(5-7-21)26-25-22(9-10-30(26)27(31)36-15-12-33-2)23-17-19(18-28)3-8-24(23)29-25/h3-8,17,26,29H,9-16,18H2,1-2H3. The number of H-pyrrole nitrogens is 1. The minimum atomic E-state index is -0.345. The highest BCUT2D eigenvalue weighted by Gasteiger charge is 2.35. The van der Waals surface area contributed by atoms with Gasteiger partial charge in [-0.2, -0.15) is 0 Å². The number of nitrogens with zero attached hydrogens (tertiary/aromatic N) is 1. The number of hydrogen-bond acceptors (Lipinski definition) is 6. The Balaban J connectivity index is 1.58. The lowest BCUT2D eigenvalue weighted by molar-refractivity contribution is 0.0544. The first-order valence-electron chi connectivity index (χ1n) is 12.1. The molecular weight excluding hydrogens is 575 g/mol.